The van der Waals surface area contributed by atoms with Crippen LogP contribution in [0.1, 0.15) is 5.56 Å². The van der Waals surface area contributed by atoms with E-state index in [9.17, 15) is 0 Å². The molecular weight excluding hydrogens is 316 g/mol. The third-order valence-corrected chi connectivity index (χ3v) is 4.88. The van der Waals surface area contributed by atoms with Crippen molar-refractivity contribution in [2.75, 3.05) is 0 Å². The van der Waals surface area contributed by atoms with Gasteiger partial charge in [-0.3, -0.25) is 4.40 Å². The Kier molecular flexibility index (Phi) is 3.36. The van der Waals surface area contributed by atoms with Crippen LogP contribution in [0.25, 0.3) is 39.1 Å². The largest absolute Gasteiger partial charge is 0.292 e. The maximum absolute atomic E-state index is 4.96. The molecule has 0 radical (unpaired) electrons. The Hall–Kier alpha value is -3.39. The summed E-state index contributed by atoms with van der Waals surface area (Å²) in [5.41, 5.74) is 9.10. The molecule has 26 heavy (non-hydrogen) atoms. The van der Waals surface area contributed by atoms with E-state index in [2.05, 4.69) is 90.2 Å². The maximum Gasteiger partial charge on any atom is 0.146 e. The Morgan fingerprint density at radius 1 is 0.654 bits per heavy atom. The molecule has 0 spiro atoms. The van der Waals surface area contributed by atoms with Gasteiger partial charge in [-0.05, 0) is 42.3 Å². The van der Waals surface area contributed by atoms with Crippen molar-refractivity contribution in [2.45, 2.75) is 6.92 Å². The first kappa shape index (κ1) is 14.9. The van der Waals surface area contributed by atoms with Crippen LogP contribution in [0.4, 0.5) is 0 Å². The van der Waals surface area contributed by atoms with Crippen LogP contribution in [0.5, 0.6) is 0 Å². The standard InChI is InChI=1S/C24H18N2/c1-17-11-13-18(14-12-17)20-15-16-22(19-7-3-2-4-8-19)26-23-10-6-5-9-21(23)25-24(20)26/h2-16H,1H3. The molecule has 0 amide bonds. The molecule has 0 unspecified atom stereocenters. The Bertz CT molecular complexity index is 1220. The van der Waals surface area contributed by atoms with Crippen molar-refractivity contribution in [1.82, 2.24) is 9.38 Å². The molecule has 0 atom stereocenters. The quantitative estimate of drug-likeness (QED) is 0.379. The van der Waals surface area contributed by atoms with Gasteiger partial charge in [0.15, 0.2) is 0 Å². The summed E-state index contributed by atoms with van der Waals surface area (Å²) >= 11 is 0. The van der Waals surface area contributed by atoms with Crippen LogP contribution in [0, 0.1) is 6.92 Å². The second-order valence-corrected chi connectivity index (χ2v) is 6.62. The molecule has 0 N–H and O–H groups in total. The van der Waals surface area contributed by atoms with Crippen molar-refractivity contribution >= 4 is 16.7 Å². The van der Waals surface area contributed by atoms with E-state index in [-0.39, 0.29) is 0 Å². The zero-order valence-corrected chi connectivity index (χ0v) is 14.6. The Morgan fingerprint density at radius 2 is 1.38 bits per heavy atom. The number of aryl methyl sites for hydroxylation is 1. The van der Waals surface area contributed by atoms with E-state index < -0.39 is 0 Å². The van der Waals surface area contributed by atoms with E-state index in [1.54, 1.807) is 0 Å². The summed E-state index contributed by atoms with van der Waals surface area (Å²) < 4.78 is 2.28. The lowest BCUT2D eigenvalue weighted by Gasteiger charge is -2.11. The molecule has 2 nitrogen and oxygen atoms in total. The molecular formula is C24H18N2. The Balaban J connectivity index is 1.89. The second-order valence-electron chi connectivity index (χ2n) is 6.62. The van der Waals surface area contributed by atoms with Gasteiger partial charge >= 0.3 is 0 Å². The van der Waals surface area contributed by atoms with E-state index in [0.29, 0.717) is 0 Å². The van der Waals surface area contributed by atoms with Gasteiger partial charge in [0.1, 0.15) is 5.65 Å². The average molecular weight is 334 g/mol. The topological polar surface area (TPSA) is 17.3 Å². The number of hydrogen-bond donors (Lipinski definition) is 0. The zero-order valence-electron chi connectivity index (χ0n) is 14.6. The van der Waals surface area contributed by atoms with Crippen LogP contribution in [0.15, 0.2) is 91.0 Å². The summed E-state index contributed by atoms with van der Waals surface area (Å²) in [5, 5.41) is 0. The van der Waals surface area contributed by atoms with Crippen LogP contribution in [0.3, 0.4) is 0 Å². The van der Waals surface area contributed by atoms with Gasteiger partial charge in [0.2, 0.25) is 0 Å². The number of pyridine rings is 1. The van der Waals surface area contributed by atoms with Crippen LogP contribution in [-0.4, -0.2) is 9.38 Å². The van der Waals surface area contributed by atoms with E-state index in [1.807, 2.05) is 12.1 Å². The number of para-hydroxylation sites is 2. The number of hydrogen-bond acceptors (Lipinski definition) is 1. The van der Waals surface area contributed by atoms with Crippen molar-refractivity contribution in [1.29, 1.82) is 0 Å². The van der Waals surface area contributed by atoms with Crippen LogP contribution < -0.4 is 0 Å². The normalized spacial score (nSPS) is 11.3. The summed E-state index contributed by atoms with van der Waals surface area (Å²) in [5.74, 6) is 0. The average Bonchev–Trinajstić information content (AvgIpc) is 3.08. The Morgan fingerprint density at radius 3 is 2.19 bits per heavy atom. The van der Waals surface area contributed by atoms with Crippen molar-refractivity contribution in [3.8, 4) is 22.4 Å². The summed E-state index contributed by atoms with van der Waals surface area (Å²) in [4.78, 5) is 4.96. The van der Waals surface area contributed by atoms with Gasteiger partial charge in [0.25, 0.3) is 0 Å². The smallest absolute Gasteiger partial charge is 0.146 e. The predicted octanol–water partition coefficient (Wildman–Crippen LogP) is 6.13. The van der Waals surface area contributed by atoms with E-state index in [1.165, 1.54) is 16.7 Å². The summed E-state index contributed by atoms with van der Waals surface area (Å²) in [6, 6.07) is 31.9. The van der Waals surface area contributed by atoms with Gasteiger partial charge in [-0.25, -0.2) is 4.98 Å². The highest BCUT2D eigenvalue weighted by Gasteiger charge is 2.14. The van der Waals surface area contributed by atoms with Crippen LogP contribution in [-0.2, 0) is 0 Å². The highest BCUT2D eigenvalue weighted by Crippen LogP contribution is 2.32. The summed E-state index contributed by atoms with van der Waals surface area (Å²) in [7, 11) is 0. The minimum absolute atomic E-state index is 0.997. The third-order valence-electron chi connectivity index (χ3n) is 4.88. The SMILES string of the molecule is Cc1ccc(-c2ccc(-c3ccccc3)n3c2nc2ccccc23)cc1. The predicted molar refractivity (Wildman–Crippen MR) is 108 cm³/mol. The monoisotopic (exact) mass is 334 g/mol. The summed E-state index contributed by atoms with van der Waals surface area (Å²) in [6.07, 6.45) is 0. The molecule has 3 aromatic carbocycles. The molecule has 124 valence electrons. The number of rotatable bonds is 2. The van der Waals surface area contributed by atoms with Crippen molar-refractivity contribution in [2.24, 2.45) is 0 Å². The number of aromatic nitrogens is 2. The fourth-order valence-corrected chi connectivity index (χ4v) is 3.55. The molecule has 0 aliphatic heterocycles. The lowest BCUT2D eigenvalue weighted by molar-refractivity contribution is 1.23. The molecule has 0 aliphatic rings. The first-order valence-corrected chi connectivity index (χ1v) is 8.84. The van der Waals surface area contributed by atoms with Gasteiger partial charge in [0, 0.05) is 5.56 Å². The minimum Gasteiger partial charge on any atom is -0.292 e. The highest BCUT2D eigenvalue weighted by atomic mass is 15.0. The number of fused-ring (bicyclic) bond motifs is 3. The van der Waals surface area contributed by atoms with Gasteiger partial charge in [0.05, 0.1) is 16.7 Å². The molecule has 5 aromatic rings. The van der Waals surface area contributed by atoms with Gasteiger partial charge in [-0.2, -0.15) is 0 Å². The first-order chi connectivity index (χ1) is 12.8. The molecule has 0 fully saturated rings. The number of nitrogens with zero attached hydrogens (tertiary/aromatic N) is 2. The molecule has 5 rings (SSSR count). The molecule has 2 heteroatoms. The second kappa shape index (κ2) is 5.85. The lowest BCUT2D eigenvalue weighted by Crippen LogP contribution is -1.94. The Labute approximate surface area is 152 Å². The summed E-state index contributed by atoms with van der Waals surface area (Å²) in [6.45, 7) is 2.11. The van der Waals surface area contributed by atoms with Crippen LogP contribution in [0.2, 0.25) is 0 Å². The molecule has 2 aromatic heterocycles. The van der Waals surface area contributed by atoms with Crippen LogP contribution >= 0.6 is 0 Å². The fraction of sp³-hybridized carbons (Fsp3) is 0.0417. The number of imidazole rings is 1. The number of benzene rings is 3. The van der Waals surface area contributed by atoms with Crippen molar-refractivity contribution in [3.63, 3.8) is 0 Å². The zero-order chi connectivity index (χ0) is 17.5. The van der Waals surface area contributed by atoms with Crippen molar-refractivity contribution in [3.05, 3.63) is 96.6 Å². The maximum atomic E-state index is 4.96. The van der Waals surface area contributed by atoms with E-state index >= 15 is 0 Å². The minimum atomic E-state index is 0.997. The molecule has 0 bridgehead atoms. The van der Waals surface area contributed by atoms with Gasteiger partial charge < -0.3 is 0 Å². The van der Waals surface area contributed by atoms with Crippen molar-refractivity contribution < 1.29 is 0 Å². The molecule has 0 saturated heterocycles. The lowest BCUT2D eigenvalue weighted by atomic mass is 10.0. The first-order valence-electron chi connectivity index (χ1n) is 8.84. The van der Waals surface area contributed by atoms with E-state index in [0.717, 1.165) is 27.9 Å². The van der Waals surface area contributed by atoms with Gasteiger partial charge in [-0.1, -0.05) is 72.3 Å². The third kappa shape index (κ3) is 2.31. The fourth-order valence-electron chi connectivity index (χ4n) is 3.55. The van der Waals surface area contributed by atoms with Gasteiger partial charge in [-0.15, -0.1) is 0 Å². The molecule has 0 aliphatic carbocycles. The molecule has 2 heterocycles. The molecule has 0 saturated carbocycles. The van der Waals surface area contributed by atoms with E-state index in [4.69, 9.17) is 4.98 Å². The highest BCUT2D eigenvalue weighted by molar-refractivity contribution is 5.90.